The monoisotopic (exact) mass is 274 g/mol. The molecule has 0 N–H and O–H groups in total. The summed E-state index contributed by atoms with van der Waals surface area (Å²) in [4.78, 5) is -1.19. The van der Waals surface area contributed by atoms with E-state index in [0.29, 0.717) is 0 Å². The van der Waals surface area contributed by atoms with Crippen molar-refractivity contribution >= 4 is 11.8 Å². The number of ether oxygens (including phenoxy) is 1. The zero-order valence-electron chi connectivity index (χ0n) is 11.3. The predicted octanol–water partition coefficient (Wildman–Crippen LogP) is 2.05. The fourth-order valence-corrected chi connectivity index (χ4v) is 4.48. The molecule has 0 unspecified atom stereocenters. The molecular formula is C13H14N4OS. The molecule has 3 atom stereocenters. The highest BCUT2D eigenvalue weighted by Gasteiger charge is 2.78. The first kappa shape index (κ1) is 15.3. The molecule has 98 valence electrons. The number of methoxy groups -OCH3 is 1. The molecule has 0 aromatic rings. The van der Waals surface area contributed by atoms with Gasteiger partial charge < -0.3 is 4.74 Å². The van der Waals surface area contributed by atoms with Crippen LogP contribution in [0.1, 0.15) is 13.8 Å². The molecule has 0 bridgehead atoms. The van der Waals surface area contributed by atoms with Gasteiger partial charge in [0, 0.05) is 13.0 Å². The molecule has 0 aromatic heterocycles. The van der Waals surface area contributed by atoms with Crippen molar-refractivity contribution in [2.75, 3.05) is 13.4 Å². The summed E-state index contributed by atoms with van der Waals surface area (Å²) in [6, 6.07) is 7.69. The zero-order valence-corrected chi connectivity index (χ0v) is 12.1. The Morgan fingerprint density at radius 3 is 1.68 bits per heavy atom. The van der Waals surface area contributed by atoms with Gasteiger partial charge in [0.15, 0.2) is 10.3 Å². The number of nitrogens with zero attached hydrogens (tertiary/aromatic N) is 4. The average molecular weight is 274 g/mol. The first-order valence-corrected chi connectivity index (χ1v) is 6.91. The fourth-order valence-electron chi connectivity index (χ4n) is 3.18. The molecule has 0 heterocycles. The molecule has 1 saturated carbocycles. The van der Waals surface area contributed by atoms with Crippen molar-refractivity contribution in [1.29, 1.82) is 21.0 Å². The molecular weight excluding hydrogens is 260 g/mol. The fraction of sp³-hybridized carbons (Fsp3) is 0.692. The van der Waals surface area contributed by atoms with Crippen molar-refractivity contribution in [2.45, 2.75) is 18.8 Å². The van der Waals surface area contributed by atoms with Crippen molar-refractivity contribution in [3.05, 3.63) is 0 Å². The van der Waals surface area contributed by atoms with Crippen LogP contribution in [0.15, 0.2) is 0 Å². The van der Waals surface area contributed by atoms with Gasteiger partial charge >= 0.3 is 0 Å². The van der Waals surface area contributed by atoms with E-state index in [-0.39, 0.29) is 5.92 Å². The second-order valence-electron chi connectivity index (χ2n) is 4.66. The van der Waals surface area contributed by atoms with E-state index in [4.69, 9.17) is 4.74 Å². The van der Waals surface area contributed by atoms with Gasteiger partial charge in [0.1, 0.15) is 0 Å². The van der Waals surface area contributed by atoms with Crippen LogP contribution in [0.5, 0.6) is 0 Å². The second kappa shape index (κ2) is 4.75. The maximum atomic E-state index is 9.58. The van der Waals surface area contributed by atoms with Crippen LogP contribution in [-0.4, -0.2) is 18.3 Å². The highest BCUT2D eigenvalue weighted by molar-refractivity contribution is 7.99. The van der Waals surface area contributed by atoms with E-state index >= 15 is 0 Å². The predicted molar refractivity (Wildman–Crippen MR) is 68.9 cm³/mol. The van der Waals surface area contributed by atoms with E-state index in [9.17, 15) is 21.0 Å². The Hall–Kier alpha value is -1.73. The largest absolute Gasteiger partial charge is 0.364 e. The highest BCUT2D eigenvalue weighted by Crippen LogP contribution is 2.67. The smallest absolute Gasteiger partial charge is 0.213 e. The normalized spacial score (nSPS) is 34.5. The van der Waals surface area contributed by atoms with Gasteiger partial charge in [0.25, 0.3) is 0 Å². The Labute approximate surface area is 117 Å². The third-order valence-corrected chi connectivity index (χ3v) is 5.89. The standard InChI is InChI=1S/C13H14N4OS/c1-9-10(2)13(18-3,19-4)12(7-16,8-17)11(9,5-14)6-15/h9-10H,1-4H3/t9-,10-,13-/m0/s1. The second-order valence-corrected chi connectivity index (χ2v) is 5.67. The average Bonchev–Trinajstić information content (AvgIpc) is 2.62. The van der Waals surface area contributed by atoms with Crippen LogP contribution in [-0.2, 0) is 4.74 Å². The summed E-state index contributed by atoms with van der Waals surface area (Å²) in [6.45, 7) is 3.53. The maximum absolute atomic E-state index is 9.58. The minimum Gasteiger partial charge on any atom is -0.364 e. The van der Waals surface area contributed by atoms with Crippen LogP contribution in [0.3, 0.4) is 0 Å². The van der Waals surface area contributed by atoms with E-state index in [2.05, 4.69) is 0 Å². The summed E-state index contributed by atoms with van der Waals surface area (Å²) in [5.41, 5.74) is -3.52. The van der Waals surface area contributed by atoms with Crippen molar-refractivity contribution < 1.29 is 4.74 Å². The van der Waals surface area contributed by atoms with Gasteiger partial charge in [-0.1, -0.05) is 13.8 Å². The van der Waals surface area contributed by atoms with Crippen LogP contribution in [0, 0.1) is 68.0 Å². The van der Waals surface area contributed by atoms with Gasteiger partial charge in [-0.15, -0.1) is 11.8 Å². The van der Waals surface area contributed by atoms with Gasteiger partial charge in [-0.2, -0.15) is 21.0 Å². The van der Waals surface area contributed by atoms with Crippen LogP contribution < -0.4 is 0 Å². The topological polar surface area (TPSA) is 104 Å². The molecule has 0 amide bonds. The molecule has 1 fully saturated rings. The number of nitriles is 4. The molecule has 1 aliphatic carbocycles. The van der Waals surface area contributed by atoms with Gasteiger partial charge in [-0.05, 0) is 12.2 Å². The lowest BCUT2D eigenvalue weighted by Crippen LogP contribution is -2.50. The number of hydrogen-bond donors (Lipinski definition) is 0. The molecule has 1 rings (SSSR count). The molecule has 0 aliphatic heterocycles. The molecule has 0 saturated heterocycles. The molecule has 0 spiro atoms. The molecule has 0 aromatic carbocycles. The highest BCUT2D eigenvalue weighted by atomic mass is 32.2. The molecule has 19 heavy (non-hydrogen) atoms. The first-order chi connectivity index (χ1) is 8.93. The Bertz CT molecular complexity index is 513. The third-order valence-electron chi connectivity index (χ3n) is 4.44. The Morgan fingerprint density at radius 1 is 0.947 bits per heavy atom. The SMILES string of the molecule is CO[C@]1(SC)[C@@H](C)[C@H](C)C(C#N)(C#N)C1(C#N)C#N. The number of hydrogen-bond acceptors (Lipinski definition) is 6. The number of rotatable bonds is 2. The summed E-state index contributed by atoms with van der Waals surface area (Å²) >= 11 is 1.21. The van der Waals surface area contributed by atoms with E-state index in [0.717, 1.165) is 0 Å². The Kier molecular flexibility index (Phi) is 3.83. The van der Waals surface area contributed by atoms with Crippen LogP contribution in [0.2, 0.25) is 0 Å². The maximum Gasteiger partial charge on any atom is 0.213 e. The van der Waals surface area contributed by atoms with Gasteiger partial charge in [0.05, 0.1) is 24.3 Å². The van der Waals surface area contributed by atoms with Crippen LogP contribution in [0.4, 0.5) is 0 Å². The van der Waals surface area contributed by atoms with Crippen LogP contribution in [0.25, 0.3) is 0 Å². The van der Waals surface area contributed by atoms with Crippen molar-refractivity contribution in [2.24, 2.45) is 22.7 Å². The molecule has 5 nitrogen and oxygen atoms in total. The zero-order chi connectivity index (χ0) is 14.9. The van der Waals surface area contributed by atoms with Crippen LogP contribution >= 0.6 is 11.8 Å². The quantitative estimate of drug-likeness (QED) is 0.713. The Balaban J connectivity index is 3.85. The molecule has 6 heteroatoms. The van der Waals surface area contributed by atoms with Gasteiger partial charge in [-0.3, -0.25) is 0 Å². The van der Waals surface area contributed by atoms with Crippen molar-refractivity contribution in [3.8, 4) is 24.3 Å². The van der Waals surface area contributed by atoms with Crippen molar-refractivity contribution in [3.63, 3.8) is 0 Å². The summed E-state index contributed by atoms with van der Waals surface area (Å²) in [5.74, 6) is -0.736. The summed E-state index contributed by atoms with van der Waals surface area (Å²) < 4.78 is 5.50. The lowest BCUT2D eigenvalue weighted by Gasteiger charge is -2.39. The molecule has 0 radical (unpaired) electrons. The molecule has 1 aliphatic rings. The summed E-state index contributed by atoms with van der Waals surface area (Å²) in [7, 11) is 1.41. The van der Waals surface area contributed by atoms with Gasteiger partial charge in [0.2, 0.25) is 5.41 Å². The minimum absolute atomic E-state index is 0.286. The van der Waals surface area contributed by atoms with E-state index in [1.165, 1.54) is 18.9 Å². The van der Waals surface area contributed by atoms with Gasteiger partial charge in [-0.25, -0.2) is 0 Å². The summed E-state index contributed by atoms with van der Waals surface area (Å²) in [5, 5.41) is 38.1. The summed E-state index contributed by atoms with van der Waals surface area (Å²) in [6.07, 6.45) is 1.72. The van der Waals surface area contributed by atoms with E-state index < -0.39 is 21.7 Å². The third kappa shape index (κ3) is 1.31. The Morgan fingerprint density at radius 2 is 1.42 bits per heavy atom. The number of thioether (sulfide) groups is 1. The minimum atomic E-state index is -1.82. The lowest BCUT2D eigenvalue weighted by molar-refractivity contribution is -0.00654. The van der Waals surface area contributed by atoms with Crippen molar-refractivity contribution in [1.82, 2.24) is 0 Å². The lowest BCUT2D eigenvalue weighted by atomic mass is 9.65. The van der Waals surface area contributed by atoms with E-state index in [1.807, 2.05) is 31.2 Å². The van der Waals surface area contributed by atoms with E-state index in [1.54, 1.807) is 13.2 Å². The first-order valence-electron chi connectivity index (χ1n) is 5.68.